The van der Waals surface area contributed by atoms with Gasteiger partial charge in [-0.25, -0.2) is 0 Å². The number of amides is 4. The van der Waals surface area contributed by atoms with Crippen LogP contribution >= 0.6 is 0 Å². The van der Waals surface area contributed by atoms with Gasteiger partial charge in [0.05, 0.1) is 0 Å². The van der Waals surface area contributed by atoms with E-state index < -0.39 is 41.4 Å². The molecule has 0 unspecified atom stereocenters. The highest BCUT2D eigenvalue weighted by atomic mass is 16.2. The number of carbonyl (C=O) groups is 5. The molecule has 0 bridgehead atoms. The van der Waals surface area contributed by atoms with Gasteiger partial charge in [0.15, 0.2) is 0 Å². The third-order valence-corrected chi connectivity index (χ3v) is 6.55. The molecule has 0 aliphatic carbocycles. The molecule has 4 amide bonds. The fourth-order valence-corrected chi connectivity index (χ4v) is 4.30. The quantitative estimate of drug-likeness (QED) is 0.435. The number of hydrogen-bond donors (Lipinski definition) is 3. The highest BCUT2D eigenvalue weighted by molar-refractivity contribution is 5.99. The number of unbranched alkanes of at least 4 members (excludes halogenated alkanes) is 1. The third kappa shape index (κ3) is 5.40. The zero-order valence-electron chi connectivity index (χ0n) is 19.1. The smallest absolute Gasteiger partial charge is 0.250 e. The van der Waals surface area contributed by atoms with Crippen molar-refractivity contribution in [3.05, 3.63) is 35.9 Å². The van der Waals surface area contributed by atoms with Crippen molar-refractivity contribution in [1.82, 2.24) is 20.9 Å². The van der Waals surface area contributed by atoms with Crippen LogP contribution in [0.5, 0.6) is 0 Å². The lowest BCUT2D eigenvalue weighted by Gasteiger charge is -2.36. The summed E-state index contributed by atoms with van der Waals surface area (Å²) in [5.41, 5.74) is -0.683. The molecular weight excluding hydrogens is 424 g/mol. The molecule has 2 saturated heterocycles. The van der Waals surface area contributed by atoms with Gasteiger partial charge in [-0.3, -0.25) is 19.2 Å². The van der Waals surface area contributed by atoms with Crippen LogP contribution in [-0.2, 0) is 24.0 Å². The maximum Gasteiger partial charge on any atom is 0.250 e. The van der Waals surface area contributed by atoms with Crippen molar-refractivity contribution in [2.24, 2.45) is 0 Å². The van der Waals surface area contributed by atoms with Crippen molar-refractivity contribution in [3.63, 3.8) is 0 Å². The Morgan fingerprint density at radius 1 is 1.09 bits per heavy atom. The number of hydrogen-bond acceptors (Lipinski definition) is 5. The third-order valence-electron chi connectivity index (χ3n) is 6.55. The van der Waals surface area contributed by atoms with Gasteiger partial charge in [-0.1, -0.05) is 37.3 Å². The number of nitrogens with zero attached hydrogens (tertiary/aromatic N) is 1. The summed E-state index contributed by atoms with van der Waals surface area (Å²) in [6, 6.07) is 6.29. The highest BCUT2D eigenvalue weighted by Gasteiger charge is 2.43. The van der Waals surface area contributed by atoms with Gasteiger partial charge in [-0.2, -0.15) is 0 Å². The van der Waals surface area contributed by atoms with Crippen LogP contribution in [0.3, 0.4) is 0 Å². The Bertz CT molecular complexity index is 905. The van der Waals surface area contributed by atoms with E-state index in [4.69, 9.17) is 0 Å². The molecule has 1 aromatic rings. The van der Waals surface area contributed by atoms with Gasteiger partial charge >= 0.3 is 0 Å². The minimum Gasteiger partial charge on any atom is -0.343 e. The molecule has 0 spiro atoms. The zero-order chi connectivity index (χ0) is 24.0. The van der Waals surface area contributed by atoms with Crippen LogP contribution in [0.25, 0.3) is 0 Å². The number of benzene rings is 1. The number of fused-ring (bicyclic) bond motifs is 1. The van der Waals surface area contributed by atoms with E-state index in [2.05, 4.69) is 16.0 Å². The lowest BCUT2D eigenvalue weighted by atomic mass is 9.94. The molecule has 2 aliphatic heterocycles. The lowest BCUT2D eigenvalue weighted by Crippen LogP contribution is -2.63. The summed E-state index contributed by atoms with van der Waals surface area (Å²) in [5.74, 6) is -1.71. The summed E-state index contributed by atoms with van der Waals surface area (Å²) in [6.45, 7) is 3.76. The van der Waals surface area contributed by atoms with Gasteiger partial charge in [-0.15, -0.1) is 0 Å². The average molecular weight is 457 g/mol. The van der Waals surface area contributed by atoms with E-state index in [0.717, 1.165) is 6.29 Å². The van der Waals surface area contributed by atoms with E-state index in [1.54, 1.807) is 38.1 Å². The van der Waals surface area contributed by atoms with Crippen LogP contribution in [-0.4, -0.2) is 59.0 Å². The van der Waals surface area contributed by atoms with E-state index in [1.165, 1.54) is 4.90 Å². The molecule has 0 aromatic heterocycles. The van der Waals surface area contributed by atoms with E-state index in [9.17, 15) is 24.0 Å². The maximum atomic E-state index is 13.6. The molecule has 1 aromatic carbocycles. The molecule has 3 rings (SSSR count). The molecule has 9 nitrogen and oxygen atoms in total. The summed E-state index contributed by atoms with van der Waals surface area (Å²) in [6.07, 6.45) is 3.10. The van der Waals surface area contributed by atoms with Gasteiger partial charge in [0, 0.05) is 13.0 Å². The van der Waals surface area contributed by atoms with Crippen LogP contribution in [0, 0.1) is 0 Å². The predicted molar refractivity (Wildman–Crippen MR) is 121 cm³/mol. The standard InChI is InChI=1S/C24H32N4O5/c1-3-24(2)23(33)26-19(16-10-5-4-6-11-16)22(32)28-14-9-13-18(28)21(31)25-17(20(30)27-24)12-7-8-15-29/h4-6,10-11,15,17-19H,3,7-9,12-14H2,1-2H3,(H,25,31)(H,26,33)(H,27,30)/t17-,18+,19-,24-/m0/s1. The first-order chi connectivity index (χ1) is 15.8. The Labute approximate surface area is 193 Å². The molecule has 2 fully saturated rings. The molecule has 3 N–H and O–H groups in total. The summed E-state index contributed by atoms with van der Waals surface area (Å²) >= 11 is 0. The van der Waals surface area contributed by atoms with Crippen molar-refractivity contribution in [2.45, 2.75) is 76.0 Å². The van der Waals surface area contributed by atoms with Crippen molar-refractivity contribution in [1.29, 1.82) is 0 Å². The maximum absolute atomic E-state index is 13.6. The number of aldehydes is 1. The van der Waals surface area contributed by atoms with E-state index >= 15 is 0 Å². The second-order valence-corrected chi connectivity index (χ2v) is 8.84. The van der Waals surface area contributed by atoms with E-state index in [1.807, 2.05) is 6.07 Å². The van der Waals surface area contributed by atoms with Crippen molar-refractivity contribution in [2.75, 3.05) is 6.54 Å². The second kappa shape index (κ2) is 10.6. The predicted octanol–water partition coefficient (Wildman–Crippen LogP) is 0.987. The normalized spacial score (nSPS) is 28.7. The fourth-order valence-electron chi connectivity index (χ4n) is 4.30. The van der Waals surface area contributed by atoms with Crippen LogP contribution in [0.2, 0.25) is 0 Å². The Balaban J connectivity index is 2.00. The molecule has 2 heterocycles. The Morgan fingerprint density at radius 3 is 2.48 bits per heavy atom. The van der Waals surface area contributed by atoms with Gasteiger partial charge < -0.3 is 25.6 Å². The van der Waals surface area contributed by atoms with Gasteiger partial charge in [-0.05, 0) is 44.6 Å². The highest BCUT2D eigenvalue weighted by Crippen LogP contribution is 2.26. The first-order valence-corrected chi connectivity index (χ1v) is 11.5. The minimum atomic E-state index is -1.29. The monoisotopic (exact) mass is 456 g/mol. The topological polar surface area (TPSA) is 125 Å². The molecule has 0 saturated carbocycles. The van der Waals surface area contributed by atoms with Gasteiger partial charge in [0.2, 0.25) is 23.6 Å². The van der Waals surface area contributed by atoms with Crippen LogP contribution in [0.1, 0.15) is 64.0 Å². The van der Waals surface area contributed by atoms with Crippen LogP contribution < -0.4 is 16.0 Å². The van der Waals surface area contributed by atoms with Crippen molar-refractivity contribution in [3.8, 4) is 0 Å². The molecule has 2 aliphatic rings. The summed E-state index contributed by atoms with van der Waals surface area (Å²) < 4.78 is 0. The second-order valence-electron chi connectivity index (χ2n) is 8.84. The number of nitrogens with one attached hydrogen (secondary N) is 3. The SMILES string of the molecule is CC[C@]1(C)NC(=O)[C@H](CCCC=O)NC(=O)[C@H]2CCCN2C(=O)[C@H](c2ccccc2)NC1=O. The van der Waals surface area contributed by atoms with Crippen LogP contribution in [0.15, 0.2) is 30.3 Å². The molecular formula is C24H32N4O5. The Hall–Kier alpha value is -3.23. The lowest BCUT2D eigenvalue weighted by molar-refractivity contribution is -0.145. The van der Waals surface area contributed by atoms with Crippen molar-refractivity contribution >= 4 is 29.9 Å². The summed E-state index contributed by atoms with van der Waals surface area (Å²) in [4.78, 5) is 65.5. The minimum absolute atomic E-state index is 0.255. The fraction of sp³-hybridized carbons (Fsp3) is 0.542. The Kier molecular flexibility index (Phi) is 7.84. The number of carbonyl (C=O) groups excluding carboxylic acids is 5. The van der Waals surface area contributed by atoms with Crippen molar-refractivity contribution < 1.29 is 24.0 Å². The van der Waals surface area contributed by atoms with Gasteiger partial charge in [0.1, 0.15) is 30.0 Å². The summed E-state index contributed by atoms with van der Waals surface area (Å²) in [7, 11) is 0. The average Bonchev–Trinajstić information content (AvgIpc) is 3.31. The largest absolute Gasteiger partial charge is 0.343 e. The summed E-state index contributed by atoms with van der Waals surface area (Å²) in [5, 5.41) is 8.38. The number of rotatable bonds is 6. The van der Waals surface area contributed by atoms with E-state index in [0.29, 0.717) is 31.4 Å². The first-order valence-electron chi connectivity index (χ1n) is 11.5. The zero-order valence-corrected chi connectivity index (χ0v) is 19.1. The molecule has 178 valence electrons. The Morgan fingerprint density at radius 2 is 1.82 bits per heavy atom. The van der Waals surface area contributed by atoms with Crippen LogP contribution in [0.4, 0.5) is 0 Å². The molecule has 0 radical (unpaired) electrons. The van der Waals surface area contributed by atoms with Gasteiger partial charge in [0.25, 0.3) is 0 Å². The van der Waals surface area contributed by atoms with E-state index in [-0.39, 0.29) is 25.2 Å². The molecule has 33 heavy (non-hydrogen) atoms. The molecule has 9 heteroatoms. The first kappa shape index (κ1) is 24.4. The molecule has 4 atom stereocenters.